The summed E-state index contributed by atoms with van der Waals surface area (Å²) in [5.41, 5.74) is 6.02. The van der Waals surface area contributed by atoms with E-state index >= 15 is 0 Å². The van der Waals surface area contributed by atoms with E-state index in [0.717, 1.165) is 5.56 Å². The number of nitro groups is 1. The van der Waals surface area contributed by atoms with Crippen molar-refractivity contribution in [2.45, 2.75) is 6.54 Å². The molecule has 0 amide bonds. The lowest BCUT2D eigenvalue weighted by atomic mass is 10.2. The number of ether oxygens (including phenoxy) is 1. The maximum Gasteiger partial charge on any atom is 0.310 e. The molecule has 1 aromatic rings. The topological polar surface area (TPSA) is 98.6 Å². The van der Waals surface area contributed by atoms with Crippen LogP contribution in [-0.4, -0.2) is 23.2 Å². The molecular formula is C9H12N2O4. The van der Waals surface area contributed by atoms with E-state index in [1.54, 1.807) is 6.07 Å². The Morgan fingerprint density at radius 3 is 2.80 bits per heavy atom. The lowest BCUT2D eigenvalue weighted by molar-refractivity contribution is -0.385. The second kappa shape index (κ2) is 5.28. The van der Waals surface area contributed by atoms with E-state index in [2.05, 4.69) is 0 Å². The van der Waals surface area contributed by atoms with Gasteiger partial charge in [-0.15, -0.1) is 0 Å². The van der Waals surface area contributed by atoms with Gasteiger partial charge in [-0.2, -0.15) is 0 Å². The van der Waals surface area contributed by atoms with E-state index in [4.69, 9.17) is 15.6 Å². The first-order valence-electron chi connectivity index (χ1n) is 4.40. The molecule has 0 aromatic heterocycles. The van der Waals surface area contributed by atoms with Crippen molar-refractivity contribution in [3.63, 3.8) is 0 Å². The van der Waals surface area contributed by atoms with Gasteiger partial charge in [0.05, 0.1) is 11.5 Å². The Kier molecular flexibility index (Phi) is 4.02. The number of hydrogen-bond acceptors (Lipinski definition) is 5. The number of rotatable bonds is 5. The molecule has 0 unspecified atom stereocenters. The molecule has 0 saturated heterocycles. The summed E-state index contributed by atoms with van der Waals surface area (Å²) < 4.78 is 5.04. The molecule has 3 N–H and O–H groups in total. The van der Waals surface area contributed by atoms with Gasteiger partial charge >= 0.3 is 5.69 Å². The molecule has 1 rings (SSSR count). The summed E-state index contributed by atoms with van der Waals surface area (Å²) in [6.45, 7) is 0.117. The molecule has 0 aliphatic heterocycles. The van der Waals surface area contributed by atoms with Crippen molar-refractivity contribution in [1.82, 2.24) is 0 Å². The highest BCUT2D eigenvalue weighted by Gasteiger charge is 2.14. The Morgan fingerprint density at radius 1 is 1.53 bits per heavy atom. The average Bonchev–Trinajstić information content (AvgIpc) is 2.25. The molecule has 0 heterocycles. The maximum absolute atomic E-state index is 10.6. The minimum absolute atomic E-state index is 0.0227. The first-order chi connectivity index (χ1) is 7.19. The smallest absolute Gasteiger partial charge is 0.310 e. The minimum atomic E-state index is -0.535. The first-order valence-corrected chi connectivity index (χ1v) is 4.40. The van der Waals surface area contributed by atoms with Crippen LogP contribution in [0.4, 0.5) is 5.69 Å². The van der Waals surface area contributed by atoms with Gasteiger partial charge in [-0.05, 0) is 11.6 Å². The SMILES string of the molecule is NCc1ccc([N+](=O)[O-])c(OCCO)c1. The Balaban J connectivity index is 2.99. The molecule has 0 aliphatic carbocycles. The summed E-state index contributed by atoms with van der Waals surface area (Å²) in [4.78, 5) is 10.1. The lowest BCUT2D eigenvalue weighted by Gasteiger charge is -2.06. The van der Waals surface area contributed by atoms with Gasteiger partial charge in [-0.3, -0.25) is 10.1 Å². The van der Waals surface area contributed by atoms with Crippen LogP contribution in [0.15, 0.2) is 18.2 Å². The molecular weight excluding hydrogens is 200 g/mol. The predicted octanol–water partition coefficient (Wildman–Crippen LogP) is 0.425. The number of benzene rings is 1. The van der Waals surface area contributed by atoms with Crippen LogP contribution in [0.1, 0.15) is 5.56 Å². The molecule has 0 fully saturated rings. The van der Waals surface area contributed by atoms with E-state index in [1.807, 2.05) is 0 Å². The molecule has 0 radical (unpaired) electrons. The Hall–Kier alpha value is -1.66. The molecule has 0 spiro atoms. The number of nitro benzene ring substituents is 1. The van der Waals surface area contributed by atoms with Crippen molar-refractivity contribution in [2.75, 3.05) is 13.2 Å². The van der Waals surface area contributed by atoms with Crippen LogP contribution in [0.25, 0.3) is 0 Å². The second-order valence-electron chi connectivity index (χ2n) is 2.84. The largest absolute Gasteiger partial charge is 0.484 e. The molecule has 0 atom stereocenters. The Morgan fingerprint density at radius 2 is 2.27 bits per heavy atom. The highest BCUT2D eigenvalue weighted by atomic mass is 16.6. The zero-order chi connectivity index (χ0) is 11.3. The van der Waals surface area contributed by atoms with Crippen molar-refractivity contribution >= 4 is 5.69 Å². The van der Waals surface area contributed by atoms with Crippen molar-refractivity contribution in [3.05, 3.63) is 33.9 Å². The van der Waals surface area contributed by atoms with E-state index in [0.29, 0.717) is 0 Å². The van der Waals surface area contributed by atoms with E-state index in [9.17, 15) is 10.1 Å². The van der Waals surface area contributed by atoms with E-state index in [-0.39, 0.29) is 31.2 Å². The van der Waals surface area contributed by atoms with Gasteiger partial charge in [0.15, 0.2) is 5.75 Å². The summed E-state index contributed by atoms with van der Waals surface area (Å²) in [7, 11) is 0. The molecule has 82 valence electrons. The maximum atomic E-state index is 10.6. The standard InChI is InChI=1S/C9H12N2O4/c10-6-7-1-2-8(11(13)14)9(5-7)15-4-3-12/h1-2,5,12H,3-4,6,10H2. The monoisotopic (exact) mass is 212 g/mol. The van der Waals surface area contributed by atoms with Crippen LogP contribution in [-0.2, 0) is 6.54 Å². The van der Waals surface area contributed by atoms with Gasteiger partial charge < -0.3 is 15.6 Å². The van der Waals surface area contributed by atoms with Crippen LogP contribution in [0.2, 0.25) is 0 Å². The second-order valence-corrected chi connectivity index (χ2v) is 2.84. The zero-order valence-electron chi connectivity index (χ0n) is 8.05. The predicted molar refractivity (Wildman–Crippen MR) is 53.6 cm³/mol. The fraction of sp³-hybridized carbons (Fsp3) is 0.333. The van der Waals surface area contributed by atoms with E-state index in [1.165, 1.54) is 12.1 Å². The normalized spacial score (nSPS) is 10.0. The Bertz CT molecular complexity index is 354. The van der Waals surface area contributed by atoms with Crippen molar-refractivity contribution in [3.8, 4) is 5.75 Å². The summed E-state index contributed by atoms with van der Waals surface area (Å²) in [5.74, 6) is 0.136. The average molecular weight is 212 g/mol. The van der Waals surface area contributed by atoms with Gasteiger partial charge in [0.25, 0.3) is 0 Å². The highest BCUT2D eigenvalue weighted by molar-refractivity contribution is 5.48. The van der Waals surface area contributed by atoms with Gasteiger partial charge in [0.1, 0.15) is 6.61 Å². The van der Waals surface area contributed by atoms with Crippen LogP contribution in [0, 0.1) is 10.1 Å². The molecule has 6 heteroatoms. The van der Waals surface area contributed by atoms with Gasteiger partial charge in [0, 0.05) is 12.6 Å². The number of nitrogens with two attached hydrogens (primary N) is 1. The third-order valence-electron chi connectivity index (χ3n) is 1.81. The minimum Gasteiger partial charge on any atom is -0.484 e. The number of hydrogen-bond donors (Lipinski definition) is 2. The fourth-order valence-corrected chi connectivity index (χ4v) is 1.11. The number of aliphatic hydroxyl groups is 1. The van der Waals surface area contributed by atoms with Crippen LogP contribution >= 0.6 is 0 Å². The van der Waals surface area contributed by atoms with Crippen molar-refractivity contribution in [1.29, 1.82) is 0 Å². The number of nitrogens with zero attached hydrogens (tertiary/aromatic N) is 1. The molecule has 0 aliphatic rings. The lowest BCUT2D eigenvalue weighted by Crippen LogP contribution is -2.05. The fourth-order valence-electron chi connectivity index (χ4n) is 1.11. The van der Waals surface area contributed by atoms with Crippen molar-refractivity contribution in [2.24, 2.45) is 5.73 Å². The molecule has 0 bridgehead atoms. The van der Waals surface area contributed by atoms with Gasteiger partial charge in [-0.1, -0.05) is 6.07 Å². The third kappa shape index (κ3) is 2.90. The first kappa shape index (κ1) is 11.4. The third-order valence-corrected chi connectivity index (χ3v) is 1.81. The summed E-state index contributed by atoms with van der Waals surface area (Å²) in [6, 6.07) is 4.42. The quantitative estimate of drug-likeness (QED) is 0.544. The molecule has 15 heavy (non-hydrogen) atoms. The van der Waals surface area contributed by atoms with Crippen LogP contribution < -0.4 is 10.5 Å². The Labute approximate surface area is 86.4 Å². The van der Waals surface area contributed by atoms with Crippen LogP contribution in [0.3, 0.4) is 0 Å². The van der Waals surface area contributed by atoms with Gasteiger partial charge in [-0.25, -0.2) is 0 Å². The van der Waals surface area contributed by atoms with E-state index < -0.39 is 4.92 Å². The number of aliphatic hydroxyl groups excluding tert-OH is 1. The molecule has 0 saturated carbocycles. The summed E-state index contributed by atoms with van der Waals surface area (Å²) >= 11 is 0. The summed E-state index contributed by atoms with van der Waals surface area (Å²) in [5, 5.41) is 19.2. The molecule has 1 aromatic carbocycles. The summed E-state index contributed by atoms with van der Waals surface area (Å²) in [6.07, 6.45) is 0. The molecule has 6 nitrogen and oxygen atoms in total. The highest BCUT2D eigenvalue weighted by Crippen LogP contribution is 2.27. The zero-order valence-corrected chi connectivity index (χ0v) is 8.05. The van der Waals surface area contributed by atoms with Crippen LogP contribution in [0.5, 0.6) is 5.75 Å². The van der Waals surface area contributed by atoms with Crippen molar-refractivity contribution < 1.29 is 14.8 Å². The van der Waals surface area contributed by atoms with Gasteiger partial charge in [0.2, 0.25) is 0 Å².